The number of aryl methyl sites for hydroxylation is 2. The van der Waals surface area contributed by atoms with E-state index in [-0.39, 0.29) is 12.9 Å². The first-order chi connectivity index (χ1) is 15.7. The number of morpholine rings is 1. The molecule has 0 aliphatic carbocycles. The number of rotatable bonds is 2. The van der Waals surface area contributed by atoms with Gasteiger partial charge in [0.05, 0.1) is 31.3 Å². The molecule has 4 heterocycles. The smallest absolute Gasteiger partial charge is 0.415 e. The number of pyridine rings is 1. The molecule has 1 amide bonds. The van der Waals surface area contributed by atoms with Crippen LogP contribution in [0.5, 0.6) is 23.0 Å². The van der Waals surface area contributed by atoms with Crippen LogP contribution in [-0.2, 0) is 17.7 Å². The van der Waals surface area contributed by atoms with E-state index in [1.54, 1.807) is 12.0 Å². The zero-order valence-corrected chi connectivity index (χ0v) is 17.8. The first kappa shape index (κ1) is 19.2. The van der Waals surface area contributed by atoms with Crippen molar-refractivity contribution in [2.75, 3.05) is 40.2 Å². The maximum absolute atomic E-state index is 12.8. The highest BCUT2D eigenvalue weighted by molar-refractivity contribution is 5.93. The molecular weight excluding hydrogens is 412 g/mol. The summed E-state index contributed by atoms with van der Waals surface area (Å²) in [5, 5.41) is 1.80. The van der Waals surface area contributed by atoms with Crippen LogP contribution >= 0.6 is 0 Å². The molecule has 3 aromatic rings. The molecule has 0 unspecified atom stereocenters. The van der Waals surface area contributed by atoms with Crippen LogP contribution in [0.15, 0.2) is 36.5 Å². The average Bonchev–Trinajstić information content (AvgIpc) is 3.30. The summed E-state index contributed by atoms with van der Waals surface area (Å²) in [5.41, 5.74) is 3.46. The second kappa shape index (κ2) is 7.56. The molecule has 0 spiro atoms. The summed E-state index contributed by atoms with van der Waals surface area (Å²) in [6, 6.07) is 10.1. The van der Waals surface area contributed by atoms with E-state index in [9.17, 15) is 4.79 Å². The summed E-state index contributed by atoms with van der Waals surface area (Å²) in [6.07, 6.45) is 2.53. The molecule has 0 N–H and O–H groups in total. The molecule has 32 heavy (non-hydrogen) atoms. The number of nitrogens with zero attached hydrogens (tertiary/aromatic N) is 2. The minimum Gasteiger partial charge on any atom is -0.493 e. The number of benzene rings is 2. The molecule has 1 saturated heterocycles. The Balaban J connectivity index is 1.44. The van der Waals surface area contributed by atoms with E-state index in [4.69, 9.17) is 23.7 Å². The van der Waals surface area contributed by atoms with Gasteiger partial charge in [-0.25, -0.2) is 4.79 Å². The molecular formula is C24H23N2O6+. The summed E-state index contributed by atoms with van der Waals surface area (Å²) in [6.45, 7) is 3.14. The highest BCUT2D eigenvalue weighted by Crippen LogP contribution is 2.41. The third kappa shape index (κ3) is 3.10. The minimum atomic E-state index is -0.389. The van der Waals surface area contributed by atoms with E-state index in [1.165, 1.54) is 5.56 Å². The molecule has 0 bridgehead atoms. The molecule has 2 aromatic carbocycles. The monoisotopic (exact) mass is 435 g/mol. The normalized spacial score (nSPS) is 16.5. The lowest BCUT2D eigenvalue weighted by molar-refractivity contribution is -0.686. The quantitative estimate of drug-likeness (QED) is 0.577. The van der Waals surface area contributed by atoms with Crippen molar-refractivity contribution in [1.82, 2.24) is 4.90 Å². The largest absolute Gasteiger partial charge is 0.493 e. The summed E-state index contributed by atoms with van der Waals surface area (Å²) >= 11 is 0. The molecule has 8 nitrogen and oxygen atoms in total. The van der Waals surface area contributed by atoms with Crippen LogP contribution < -0.4 is 23.5 Å². The Morgan fingerprint density at radius 2 is 1.91 bits per heavy atom. The highest BCUT2D eigenvalue weighted by atomic mass is 16.7. The van der Waals surface area contributed by atoms with Gasteiger partial charge in [0.1, 0.15) is 0 Å². The lowest BCUT2D eigenvalue weighted by atomic mass is 9.95. The van der Waals surface area contributed by atoms with Crippen molar-refractivity contribution in [2.45, 2.75) is 13.0 Å². The molecule has 3 aliphatic heterocycles. The van der Waals surface area contributed by atoms with Crippen molar-refractivity contribution in [3.8, 4) is 34.3 Å². The highest BCUT2D eigenvalue weighted by Gasteiger charge is 2.29. The van der Waals surface area contributed by atoms with Crippen molar-refractivity contribution in [2.24, 2.45) is 0 Å². The van der Waals surface area contributed by atoms with Gasteiger partial charge in [0.15, 0.2) is 35.7 Å². The van der Waals surface area contributed by atoms with Crippen molar-refractivity contribution < 1.29 is 33.0 Å². The Kier molecular flexibility index (Phi) is 4.53. The maximum Gasteiger partial charge on any atom is 0.415 e. The Morgan fingerprint density at radius 3 is 2.72 bits per heavy atom. The van der Waals surface area contributed by atoms with Crippen molar-refractivity contribution in [3.05, 3.63) is 42.1 Å². The number of methoxy groups -OCH3 is 1. The number of fused-ring (bicyclic) bond motifs is 5. The predicted molar refractivity (Wildman–Crippen MR) is 114 cm³/mol. The number of ether oxygens (including phenoxy) is 5. The molecule has 0 radical (unpaired) electrons. The third-order valence-corrected chi connectivity index (χ3v) is 6.26. The Labute approximate surface area is 184 Å². The van der Waals surface area contributed by atoms with Crippen LogP contribution in [0.4, 0.5) is 4.79 Å². The Hall–Kier alpha value is -3.52. The van der Waals surface area contributed by atoms with Gasteiger partial charge < -0.3 is 28.6 Å². The standard InChI is InChI=1S/C24H23N2O6/c1-28-20-3-2-15-10-19-17-12-22-21(30-14-31-22)11-16(17)4-5-26(19)13-18(15)23(20)32-24(27)25-6-8-29-9-7-25/h2-3,10-13H,4-9,14H2,1H3/q+1. The third-order valence-electron chi connectivity index (χ3n) is 6.26. The minimum absolute atomic E-state index is 0.258. The number of hydrogen-bond acceptors (Lipinski definition) is 6. The van der Waals surface area contributed by atoms with Crippen molar-refractivity contribution in [3.63, 3.8) is 0 Å². The number of carbonyl (C=O) groups excluding carboxylic acids is 1. The lowest BCUT2D eigenvalue weighted by Gasteiger charge is -2.26. The second-order valence-electron chi connectivity index (χ2n) is 8.03. The fourth-order valence-electron chi connectivity index (χ4n) is 4.56. The van der Waals surface area contributed by atoms with Crippen LogP contribution in [0, 0.1) is 0 Å². The first-order valence-corrected chi connectivity index (χ1v) is 10.7. The zero-order chi connectivity index (χ0) is 21.7. The van der Waals surface area contributed by atoms with E-state index >= 15 is 0 Å². The van der Waals surface area contributed by atoms with E-state index < -0.39 is 0 Å². The van der Waals surface area contributed by atoms with Crippen LogP contribution in [0.25, 0.3) is 22.0 Å². The fourth-order valence-corrected chi connectivity index (χ4v) is 4.56. The van der Waals surface area contributed by atoms with E-state index in [2.05, 4.69) is 22.8 Å². The number of hydrogen-bond donors (Lipinski definition) is 0. The van der Waals surface area contributed by atoms with E-state index in [0.717, 1.165) is 46.5 Å². The Bertz CT molecular complexity index is 1240. The molecule has 3 aliphatic rings. The van der Waals surface area contributed by atoms with E-state index in [1.807, 2.05) is 18.3 Å². The van der Waals surface area contributed by atoms with Gasteiger partial charge in [-0.15, -0.1) is 0 Å². The summed E-state index contributed by atoms with van der Waals surface area (Å²) < 4.78 is 30.1. The summed E-state index contributed by atoms with van der Waals surface area (Å²) in [5.74, 6) is 2.54. The number of aromatic nitrogens is 1. The Morgan fingerprint density at radius 1 is 1.09 bits per heavy atom. The lowest BCUT2D eigenvalue weighted by Crippen LogP contribution is -2.42. The number of amides is 1. The average molecular weight is 435 g/mol. The summed E-state index contributed by atoms with van der Waals surface area (Å²) in [4.78, 5) is 14.5. The topological polar surface area (TPSA) is 70.3 Å². The molecule has 0 atom stereocenters. The van der Waals surface area contributed by atoms with Gasteiger partial charge in [0.2, 0.25) is 12.5 Å². The van der Waals surface area contributed by atoms with Crippen LogP contribution in [0.2, 0.25) is 0 Å². The molecule has 1 fully saturated rings. The fraction of sp³-hybridized carbons (Fsp3) is 0.333. The van der Waals surface area contributed by atoms with Gasteiger partial charge in [-0.3, -0.25) is 0 Å². The maximum atomic E-state index is 12.8. The molecule has 8 heteroatoms. The SMILES string of the molecule is COc1ccc2cc3[n+](cc2c1OC(=O)N1CCOCC1)CCc1cc2c(cc1-3)OCO2. The van der Waals surface area contributed by atoms with Crippen LogP contribution in [0.1, 0.15) is 5.56 Å². The second-order valence-corrected chi connectivity index (χ2v) is 8.03. The van der Waals surface area contributed by atoms with Crippen molar-refractivity contribution >= 4 is 16.9 Å². The number of carbonyl (C=O) groups is 1. The van der Waals surface area contributed by atoms with Gasteiger partial charge >= 0.3 is 6.09 Å². The first-order valence-electron chi connectivity index (χ1n) is 10.7. The summed E-state index contributed by atoms with van der Waals surface area (Å²) in [7, 11) is 1.58. The van der Waals surface area contributed by atoms with Crippen molar-refractivity contribution in [1.29, 1.82) is 0 Å². The van der Waals surface area contributed by atoms with Gasteiger partial charge in [-0.05, 0) is 35.2 Å². The van der Waals surface area contributed by atoms with Gasteiger partial charge in [0.25, 0.3) is 0 Å². The molecule has 0 saturated carbocycles. The van der Waals surface area contributed by atoms with Gasteiger partial charge in [0, 0.05) is 25.6 Å². The van der Waals surface area contributed by atoms with Gasteiger partial charge in [-0.1, -0.05) is 0 Å². The molecule has 1 aromatic heterocycles. The van der Waals surface area contributed by atoms with Crippen LogP contribution in [0.3, 0.4) is 0 Å². The molecule has 6 rings (SSSR count). The van der Waals surface area contributed by atoms with Gasteiger partial charge in [-0.2, -0.15) is 4.57 Å². The van der Waals surface area contributed by atoms with Crippen LogP contribution in [-0.4, -0.2) is 51.2 Å². The predicted octanol–water partition coefficient (Wildman–Crippen LogP) is 2.92. The molecule has 164 valence electrons. The van der Waals surface area contributed by atoms with E-state index in [0.29, 0.717) is 37.8 Å². The zero-order valence-electron chi connectivity index (χ0n) is 17.8.